The first-order valence-corrected chi connectivity index (χ1v) is 25.5. The molecule has 5 aliphatic rings. The molecule has 2 aromatic carbocycles. The van der Waals surface area contributed by atoms with Gasteiger partial charge in [0.05, 0.1) is 21.5 Å². The van der Waals surface area contributed by atoms with Crippen molar-refractivity contribution in [2.24, 2.45) is 46.3 Å². The molecule has 0 radical (unpaired) electrons. The summed E-state index contributed by atoms with van der Waals surface area (Å²) < 4.78 is 17.9. The number of methoxy groups -OCH3 is 1. The first kappa shape index (κ1) is 79.7. The van der Waals surface area contributed by atoms with Gasteiger partial charge >= 0.3 is 11.9 Å². The third-order valence-electron chi connectivity index (χ3n) is 15.9. The number of halogens is 1. The molecule has 5 aliphatic carbocycles. The predicted molar refractivity (Wildman–Crippen MR) is 319 cm³/mol. The molecule has 2 unspecified atom stereocenters. The van der Waals surface area contributed by atoms with Gasteiger partial charge in [-0.1, -0.05) is 141 Å². The normalized spacial score (nSPS) is 21.5. The van der Waals surface area contributed by atoms with Crippen molar-refractivity contribution in [3.63, 3.8) is 0 Å². The highest BCUT2D eigenvalue weighted by Crippen LogP contribution is 2.62. The summed E-state index contributed by atoms with van der Waals surface area (Å²) in [6, 6.07) is 8.97. The average Bonchev–Trinajstić information content (AvgIpc) is 3.73. The van der Waals surface area contributed by atoms with E-state index in [1.807, 2.05) is 83.2 Å². The van der Waals surface area contributed by atoms with Crippen LogP contribution in [0.25, 0.3) is 0 Å². The minimum Gasteiger partial charge on any atom is -0.508 e. The number of rotatable bonds is 13. The Hall–Kier alpha value is -2.69. The lowest BCUT2D eigenvalue weighted by molar-refractivity contribution is -0.231. The number of phenols is 3. The highest BCUT2D eigenvalue weighted by atomic mass is 127. The lowest BCUT2D eigenvalue weighted by atomic mass is 9.47. The SMILES string of the molecule is C.C.C.C.C.C.C.C.CCC(C)(C)C(=O)OC1(C(C)C)C2CC3CC(C2)CC1C3.CCC(C)(C)C(=O)OC1(C(C)C)CCCC1.CCC(C)c1c(OC)cc(O)c(I)c1O.CCC(C)c1ccc(O)cc1. The minimum atomic E-state index is -0.351. The second-order valence-corrected chi connectivity index (χ2v) is 22.5. The quantitative estimate of drug-likeness (QED) is 0.134. The van der Waals surface area contributed by atoms with Gasteiger partial charge in [0.1, 0.15) is 34.2 Å². The number of carbonyl (C=O) groups is 2. The van der Waals surface area contributed by atoms with E-state index in [0.29, 0.717) is 44.7 Å². The largest absolute Gasteiger partial charge is 0.508 e. The smallest absolute Gasteiger partial charge is 0.312 e. The van der Waals surface area contributed by atoms with E-state index in [1.165, 1.54) is 57.6 Å². The second kappa shape index (κ2) is 34.0. The van der Waals surface area contributed by atoms with Crippen molar-refractivity contribution < 1.29 is 39.1 Å². The van der Waals surface area contributed by atoms with Crippen molar-refractivity contribution in [3.8, 4) is 23.0 Å². The number of carbonyl (C=O) groups excluding carboxylic acids is 2. The Morgan fingerprint density at radius 1 is 0.648 bits per heavy atom. The number of hydrogen-bond acceptors (Lipinski definition) is 8. The van der Waals surface area contributed by atoms with Crippen molar-refractivity contribution in [2.75, 3.05) is 7.11 Å². The monoisotopic (exact) mass is 1120 g/mol. The number of ether oxygens (including phenoxy) is 3. The van der Waals surface area contributed by atoms with Gasteiger partial charge in [-0.15, -0.1) is 0 Å². The molecule has 0 aromatic heterocycles. The molecule has 71 heavy (non-hydrogen) atoms. The van der Waals surface area contributed by atoms with Crippen LogP contribution in [-0.2, 0) is 19.1 Å². The molecule has 5 saturated carbocycles. The van der Waals surface area contributed by atoms with Gasteiger partial charge in [0.15, 0.2) is 0 Å². The maximum absolute atomic E-state index is 12.8. The van der Waals surface area contributed by atoms with Crippen molar-refractivity contribution in [2.45, 2.75) is 263 Å². The molecule has 8 nitrogen and oxygen atoms in total. The molecule has 9 heteroatoms. The van der Waals surface area contributed by atoms with Crippen LogP contribution in [0.1, 0.15) is 263 Å². The lowest BCUT2D eigenvalue weighted by Gasteiger charge is -2.62. The van der Waals surface area contributed by atoms with E-state index in [1.54, 1.807) is 18.2 Å². The van der Waals surface area contributed by atoms with Gasteiger partial charge < -0.3 is 29.5 Å². The molecule has 2 aromatic rings. The third-order valence-corrected chi connectivity index (χ3v) is 16.9. The van der Waals surface area contributed by atoms with Crippen LogP contribution < -0.4 is 4.74 Å². The number of hydrogen-bond donors (Lipinski definition) is 3. The molecule has 422 valence electrons. The Kier molecular flexibility index (Phi) is 38.2. The zero-order chi connectivity index (χ0) is 47.7. The number of aromatic hydroxyl groups is 3. The number of esters is 2. The molecule has 0 amide bonds. The maximum atomic E-state index is 12.8. The summed E-state index contributed by atoms with van der Waals surface area (Å²) in [5.41, 5.74) is 1.02. The fraction of sp³-hybridized carbons (Fsp3) is 0.774. The minimum absolute atomic E-state index is 0. The van der Waals surface area contributed by atoms with Crippen molar-refractivity contribution in [1.29, 1.82) is 0 Å². The molecular formula is C62H119IO8. The lowest BCUT2D eigenvalue weighted by Crippen LogP contribution is -2.63. The Morgan fingerprint density at radius 3 is 1.41 bits per heavy atom. The van der Waals surface area contributed by atoms with Crippen LogP contribution in [0.5, 0.6) is 23.0 Å². The van der Waals surface area contributed by atoms with Crippen LogP contribution in [0.2, 0.25) is 0 Å². The van der Waals surface area contributed by atoms with E-state index in [2.05, 4.69) is 48.5 Å². The summed E-state index contributed by atoms with van der Waals surface area (Å²) in [6.45, 7) is 29.4. The standard InChI is InChI=1S/C19H32O2.C14H26O2.C11H15IO3.C10H14O.8CH4/c1-6-18(4,5)17(20)21-19(12(2)3)15-8-13-7-14(10-15)11-16(19)9-13;1-6-13(4,5)12(15)16-14(11(2)3)9-7-8-10-14;1-4-6(2)9-8(15-3)5-7(13)10(12)11(9)14;1-3-8(2)9-4-6-10(11)7-5-9;;;;;;;;/h12-16H,6-11H2,1-5H3;11H,6-10H2,1-5H3;5-6,13-14H,4H2,1-3H3;4-8,11H,3H2,1-2H3;8*1H4. The first-order chi connectivity index (χ1) is 29.4. The van der Waals surface area contributed by atoms with Gasteiger partial charge in [0.2, 0.25) is 0 Å². The average molecular weight is 1120 g/mol. The predicted octanol–water partition coefficient (Wildman–Crippen LogP) is 20.0. The molecule has 2 atom stereocenters. The highest BCUT2D eigenvalue weighted by Gasteiger charge is 2.61. The zero-order valence-corrected chi connectivity index (χ0v) is 44.1. The topological polar surface area (TPSA) is 123 Å². The number of benzene rings is 2. The van der Waals surface area contributed by atoms with Gasteiger partial charge in [-0.2, -0.15) is 0 Å². The fourth-order valence-corrected chi connectivity index (χ4v) is 10.8. The molecule has 4 bridgehead atoms. The summed E-state index contributed by atoms with van der Waals surface area (Å²) in [4.78, 5) is 24.9. The van der Waals surface area contributed by atoms with E-state index >= 15 is 0 Å². The Morgan fingerprint density at radius 2 is 1.06 bits per heavy atom. The molecule has 0 spiro atoms. The van der Waals surface area contributed by atoms with Crippen molar-refractivity contribution in [3.05, 3.63) is 45.0 Å². The van der Waals surface area contributed by atoms with Crippen LogP contribution in [0.3, 0.4) is 0 Å². The van der Waals surface area contributed by atoms with Crippen LogP contribution in [0.4, 0.5) is 0 Å². The molecule has 5 fully saturated rings. The molecular weight excluding hydrogens is 1000 g/mol. The molecule has 7 rings (SSSR count). The molecule has 0 saturated heterocycles. The van der Waals surface area contributed by atoms with Crippen molar-refractivity contribution in [1.82, 2.24) is 0 Å². The van der Waals surface area contributed by atoms with Crippen LogP contribution in [-0.4, -0.2) is 45.6 Å². The molecule has 3 N–H and O–H groups in total. The van der Waals surface area contributed by atoms with Gasteiger partial charge in [-0.3, -0.25) is 9.59 Å². The van der Waals surface area contributed by atoms with Crippen molar-refractivity contribution >= 4 is 34.5 Å². The van der Waals surface area contributed by atoms with E-state index in [0.717, 1.165) is 55.9 Å². The fourth-order valence-electron chi connectivity index (χ4n) is 10.3. The van der Waals surface area contributed by atoms with Gasteiger partial charge in [0, 0.05) is 11.6 Å². The maximum Gasteiger partial charge on any atom is 0.312 e. The van der Waals surface area contributed by atoms with Crippen LogP contribution in [0, 0.1) is 49.9 Å². The summed E-state index contributed by atoms with van der Waals surface area (Å²) >= 11 is 1.92. The molecule has 0 aliphatic heterocycles. The van der Waals surface area contributed by atoms with Gasteiger partial charge in [-0.25, -0.2) is 0 Å². The van der Waals surface area contributed by atoms with E-state index in [9.17, 15) is 19.8 Å². The second-order valence-electron chi connectivity index (χ2n) is 21.4. The highest BCUT2D eigenvalue weighted by molar-refractivity contribution is 14.1. The van der Waals surface area contributed by atoms with E-state index in [-0.39, 0.29) is 111 Å². The summed E-state index contributed by atoms with van der Waals surface area (Å²) in [5, 5.41) is 28.5. The van der Waals surface area contributed by atoms with Gasteiger partial charge in [0.25, 0.3) is 0 Å². The van der Waals surface area contributed by atoms with E-state index < -0.39 is 0 Å². The third kappa shape index (κ3) is 19.2. The summed E-state index contributed by atoms with van der Waals surface area (Å²) in [5.74, 6) is 5.79. The zero-order valence-electron chi connectivity index (χ0n) is 42.0. The van der Waals surface area contributed by atoms with E-state index in [4.69, 9.17) is 19.3 Å². The van der Waals surface area contributed by atoms with Crippen LogP contribution >= 0.6 is 22.6 Å². The number of phenolic OH excluding ortho intramolecular Hbond substituents is 3. The summed E-state index contributed by atoms with van der Waals surface area (Å²) in [6.07, 6.45) is 14.8. The molecule has 0 heterocycles. The Balaban J connectivity index is -0.000000195. The van der Waals surface area contributed by atoms with Gasteiger partial charge in [-0.05, 0) is 199 Å². The van der Waals surface area contributed by atoms with Crippen LogP contribution in [0.15, 0.2) is 30.3 Å². The Labute approximate surface area is 455 Å². The summed E-state index contributed by atoms with van der Waals surface area (Å²) in [7, 11) is 1.53. The first-order valence-electron chi connectivity index (χ1n) is 24.4. The Bertz CT molecular complexity index is 1730.